The standard InChI is InChI=1S/C15H25N5O3/c1-5-22-15(21)20-8-6-19(7-9-20)14(16-4)17-10-13-18-11(2)12(3)23-13/h5-10H2,1-4H3,(H,16,17). The van der Waals surface area contributed by atoms with Crippen LogP contribution in [0.15, 0.2) is 9.41 Å². The molecule has 8 heteroatoms. The summed E-state index contributed by atoms with van der Waals surface area (Å²) in [5.41, 5.74) is 0.903. The molecule has 1 aromatic rings. The fourth-order valence-electron chi connectivity index (χ4n) is 2.42. The van der Waals surface area contributed by atoms with Crippen molar-refractivity contribution in [3.63, 3.8) is 0 Å². The molecule has 0 saturated carbocycles. The van der Waals surface area contributed by atoms with E-state index in [1.807, 2.05) is 20.8 Å². The van der Waals surface area contributed by atoms with Gasteiger partial charge in [-0.3, -0.25) is 4.99 Å². The number of rotatable bonds is 3. The van der Waals surface area contributed by atoms with Crippen molar-refractivity contribution in [2.24, 2.45) is 4.99 Å². The van der Waals surface area contributed by atoms with Crippen molar-refractivity contribution in [2.45, 2.75) is 27.3 Å². The number of nitrogens with zero attached hydrogens (tertiary/aromatic N) is 4. The Labute approximate surface area is 136 Å². The largest absolute Gasteiger partial charge is 0.450 e. The van der Waals surface area contributed by atoms with E-state index in [0.717, 1.165) is 17.4 Å². The molecule has 0 bridgehead atoms. The predicted molar refractivity (Wildman–Crippen MR) is 86.3 cm³/mol. The SMILES string of the molecule is CCOC(=O)N1CCN(C(=NC)NCc2nc(C)c(C)o2)CC1. The van der Waals surface area contributed by atoms with Gasteiger partial charge < -0.3 is 24.3 Å². The number of oxazole rings is 1. The molecular weight excluding hydrogens is 298 g/mol. The minimum absolute atomic E-state index is 0.249. The Kier molecular flexibility index (Phi) is 5.84. The summed E-state index contributed by atoms with van der Waals surface area (Å²) in [5.74, 6) is 2.26. The summed E-state index contributed by atoms with van der Waals surface area (Å²) in [6.45, 7) is 9.18. The van der Waals surface area contributed by atoms with Crippen molar-refractivity contribution in [3.05, 3.63) is 17.3 Å². The summed E-state index contributed by atoms with van der Waals surface area (Å²) in [7, 11) is 1.74. The number of aryl methyl sites for hydroxylation is 2. The average Bonchev–Trinajstić information content (AvgIpc) is 2.87. The molecule has 0 radical (unpaired) electrons. The van der Waals surface area contributed by atoms with E-state index < -0.39 is 0 Å². The van der Waals surface area contributed by atoms with Crippen molar-refractivity contribution in [2.75, 3.05) is 39.8 Å². The smallest absolute Gasteiger partial charge is 0.409 e. The second-order valence-corrected chi connectivity index (χ2v) is 5.32. The minimum atomic E-state index is -0.249. The highest BCUT2D eigenvalue weighted by molar-refractivity contribution is 5.80. The quantitative estimate of drug-likeness (QED) is 0.663. The van der Waals surface area contributed by atoms with Gasteiger partial charge in [0.15, 0.2) is 5.96 Å². The molecular formula is C15H25N5O3. The highest BCUT2D eigenvalue weighted by Gasteiger charge is 2.23. The lowest BCUT2D eigenvalue weighted by atomic mass is 10.3. The molecule has 1 saturated heterocycles. The zero-order valence-electron chi connectivity index (χ0n) is 14.3. The van der Waals surface area contributed by atoms with Crippen LogP contribution >= 0.6 is 0 Å². The van der Waals surface area contributed by atoms with Crippen LogP contribution in [-0.2, 0) is 11.3 Å². The van der Waals surface area contributed by atoms with E-state index >= 15 is 0 Å². The molecule has 2 rings (SSSR count). The third-order valence-corrected chi connectivity index (χ3v) is 3.79. The number of carbonyl (C=O) groups excluding carboxylic acids is 1. The monoisotopic (exact) mass is 323 g/mol. The van der Waals surface area contributed by atoms with Gasteiger partial charge in [0.1, 0.15) is 5.76 Å². The lowest BCUT2D eigenvalue weighted by molar-refractivity contribution is 0.0914. The number of carbonyl (C=O) groups is 1. The summed E-state index contributed by atoms with van der Waals surface area (Å²) < 4.78 is 10.6. The van der Waals surface area contributed by atoms with Gasteiger partial charge >= 0.3 is 6.09 Å². The molecule has 0 aliphatic carbocycles. The lowest BCUT2D eigenvalue weighted by Crippen LogP contribution is -2.53. The van der Waals surface area contributed by atoms with Gasteiger partial charge in [-0.2, -0.15) is 0 Å². The van der Waals surface area contributed by atoms with Crippen LogP contribution in [0, 0.1) is 13.8 Å². The molecule has 0 unspecified atom stereocenters. The van der Waals surface area contributed by atoms with E-state index in [0.29, 0.717) is 45.2 Å². The summed E-state index contributed by atoms with van der Waals surface area (Å²) >= 11 is 0. The van der Waals surface area contributed by atoms with E-state index in [1.54, 1.807) is 11.9 Å². The molecule has 1 aromatic heterocycles. The highest BCUT2D eigenvalue weighted by Crippen LogP contribution is 2.09. The zero-order valence-corrected chi connectivity index (χ0v) is 14.3. The van der Waals surface area contributed by atoms with Gasteiger partial charge in [0, 0.05) is 33.2 Å². The topological polar surface area (TPSA) is 83.2 Å². The number of guanidine groups is 1. The van der Waals surface area contributed by atoms with E-state index in [1.165, 1.54) is 0 Å². The molecule has 128 valence electrons. The molecule has 1 N–H and O–H groups in total. The van der Waals surface area contributed by atoms with Crippen LogP contribution < -0.4 is 5.32 Å². The Morgan fingerprint density at radius 2 is 1.96 bits per heavy atom. The van der Waals surface area contributed by atoms with Crippen molar-refractivity contribution >= 4 is 12.1 Å². The number of aromatic nitrogens is 1. The molecule has 1 amide bonds. The number of nitrogens with one attached hydrogen (secondary N) is 1. The van der Waals surface area contributed by atoms with E-state index in [4.69, 9.17) is 9.15 Å². The van der Waals surface area contributed by atoms with Crippen LogP contribution in [0.25, 0.3) is 0 Å². The van der Waals surface area contributed by atoms with Crippen LogP contribution in [0.4, 0.5) is 4.79 Å². The molecule has 23 heavy (non-hydrogen) atoms. The number of ether oxygens (including phenoxy) is 1. The van der Waals surface area contributed by atoms with Crippen molar-refractivity contribution in [3.8, 4) is 0 Å². The van der Waals surface area contributed by atoms with Gasteiger partial charge in [-0.15, -0.1) is 0 Å². The Bertz CT molecular complexity index is 542. The summed E-state index contributed by atoms with van der Waals surface area (Å²) in [5, 5.41) is 3.25. The fraction of sp³-hybridized carbons (Fsp3) is 0.667. The molecule has 1 aliphatic heterocycles. The summed E-state index contributed by atoms with van der Waals surface area (Å²) in [6.07, 6.45) is -0.249. The van der Waals surface area contributed by atoms with E-state index in [2.05, 4.69) is 20.2 Å². The zero-order chi connectivity index (χ0) is 16.8. The van der Waals surface area contributed by atoms with Crippen LogP contribution in [0.1, 0.15) is 24.3 Å². The third-order valence-electron chi connectivity index (χ3n) is 3.79. The van der Waals surface area contributed by atoms with Gasteiger partial charge in [0.25, 0.3) is 0 Å². The summed E-state index contributed by atoms with van der Waals surface area (Å²) in [4.78, 5) is 24.2. The Morgan fingerprint density at radius 1 is 1.30 bits per heavy atom. The first-order valence-corrected chi connectivity index (χ1v) is 7.85. The van der Waals surface area contributed by atoms with Gasteiger partial charge in [-0.1, -0.05) is 0 Å². The Hall–Kier alpha value is -2.25. The first-order chi connectivity index (χ1) is 11.0. The second kappa shape index (κ2) is 7.85. The van der Waals surface area contributed by atoms with Gasteiger partial charge in [0.05, 0.1) is 18.8 Å². The van der Waals surface area contributed by atoms with Gasteiger partial charge in [0.2, 0.25) is 5.89 Å². The Balaban J connectivity index is 1.84. The second-order valence-electron chi connectivity index (χ2n) is 5.32. The number of piperazine rings is 1. The molecule has 0 atom stereocenters. The van der Waals surface area contributed by atoms with Crippen LogP contribution in [0.2, 0.25) is 0 Å². The molecule has 0 aromatic carbocycles. The first kappa shape index (κ1) is 17.1. The van der Waals surface area contributed by atoms with E-state index in [9.17, 15) is 4.79 Å². The van der Waals surface area contributed by atoms with Gasteiger partial charge in [-0.05, 0) is 20.8 Å². The Morgan fingerprint density at radius 3 is 2.48 bits per heavy atom. The van der Waals surface area contributed by atoms with Gasteiger partial charge in [-0.25, -0.2) is 9.78 Å². The highest BCUT2D eigenvalue weighted by atomic mass is 16.6. The number of amides is 1. The summed E-state index contributed by atoms with van der Waals surface area (Å²) in [6, 6.07) is 0. The molecule has 1 fully saturated rings. The molecule has 0 spiro atoms. The maximum Gasteiger partial charge on any atom is 0.409 e. The minimum Gasteiger partial charge on any atom is -0.450 e. The molecule has 1 aliphatic rings. The predicted octanol–water partition coefficient (Wildman–Crippen LogP) is 1.14. The first-order valence-electron chi connectivity index (χ1n) is 7.85. The number of hydrogen-bond acceptors (Lipinski definition) is 5. The van der Waals surface area contributed by atoms with Crippen molar-refractivity contribution in [1.82, 2.24) is 20.1 Å². The number of aliphatic imine (C=N–C) groups is 1. The molecule has 8 nitrogen and oxygen atoms in total. The van der Waals surface area contributed by atoms with Crippen LogP contribution in [-0.4, -0.2) is 66.7 Å². The maximum atomic E-state index is 11.7. The maximum absolute atomic E-state index is 11.7. The third kappa shape index (κ3) is 4.37. The van der Waals surface area contributed by atoms with E-state index in [-0.39, 0.29) is 6.09 Å². The lowest BCUT2D eigenvalue weighted by Gasteiger charge is -2.35. The fourth-order valence-corrected chi connectivity index (χ4v) is 2.42. The van der Waals surface area contributed by atoms with Crippen molar-refractivity contribution < 1.29 is 13.9 Å². The van der Waals surface area contributed by atoms with Crippen LogP contribution in [0.5, 0.6) is 0 Å². The van der Waals surface area contributed by atoms with Crippen molar-refractivity contribution in [1.29, 1.82) is 0 Å². The number of hydrogen-bond donors (Lipinski definition) is 1. The van der Waals surface area contributed by atoms with Crippen LogP contribution in [0.3, 0.4) is 0 Å². The normalized spacial score (nSPS) is 15.7. The molecule has 2 heterocycles. The average molecular weight is 323 g/mol.